The van der Waals surface area contributed by atoms with E-state index in [0.717, 1.165) is 25.7 Å². The van der Waals surface area contributed by atoms with Crippen molar-refractivity contribution < 1.29 is 19.1 Å². The van der Waals surface area contributed by atoms with Gasteiger partial charge in [0, 0.05) is 12.8 Å². The molecule has 0 fully saturated rings. The van der Waals surface area contributed by atoms with Gasteiger partial charge >= 0.3 is 11.9 Å². The number of ether oxygens (including phenoxy) is 2. The molecule has 0 bridgehead atoms. The van der Waals surface area contributed by atoms with Crippen molar-refractivity contribution in [2.75, 3.05) is 6.61 Å². The maximum absolute atomic E-state index is 11.3. The first-order valence-corrected chi connectivity index (χ1v) is 12.3. The Morgan fingerprint density at radius 1 is 0.586 bits per heavy atom. The molecule has 0 aromatic rings. The van der Waals surface area contributed by atoms with Crippen LogP contribution in [-0.2, 0) is 19.1 Å². The fraction of sp³-hybridized carbons (Fsp3) is 0.920. The first-order chi connectivity index (χ1) is 14.0. The van der Waals surface area contributed by atoms with Crippen molar-refractivity contribution in [3.8, 4) is 0 Å². The van der Waals surface area contributed by atoms with Gasteiger partial charge in [-0.1, -0.05) is 90.9 Å². The van der Waals surface area contributed by atoms with Crippen LogP contribution in [-0.4, -0.2) is 24.6 Å². The lowest BCUT2D eigenvalue weighted by Gasteiger charge is -2.07. The minimum Gasteiger partial charge on any atom is -0.466 e. The van der Waals surface area contributed by atoms with Crippen LogP contribution < -0.4 is 0 Å². The first kappa shape index (κ1) is 30.1. The summed E-state index contributed by atoms with van der Waals surface area (Å²) >= 11 is 0. The molecule has 0 heterocycles. The average molecular weight is 415 g/mol. The topological polar surface area (TPSA) is 52.6 Å². The van der Waals surface area contributed by atoms with E-state index in [9.17, 15) is 9.59 Å². The monoisotopic (exact) mass is 414 g/mol. The number of carbonyl (C=O) groups excluding carboxylic acids is 2. The van der Waals surface area contributed by atoms with Crippen LogP contribution in [0.15, 0.2) is 0 Å². The molecule has 0 rings (SSSR count). The molecule has 29 heavy (non-hydrogen) atoms. The van der Waals surface area contributed by atoms with E-state index in [1.165, 1.54) is 64.2 Å². The molecule has 0 aliphatic rings. The maximum atomic E-state index is 11.3. The van der Waals surface area contributed by atoms with Crippen molar-refractivity contribution >= 4 is 11.9 Å². The van der Waals surface area contributed by atoms with E-state index in [2.05, 4.69) is 13.8 Å². The number of esters is 2. The zero-order valence-corrected chi connectivity index (χ0v) is 20.2. The molecule has 0 aliphatic heterocycles. The van der Waals surface area contributed by atoms with Gasteiger partial charge in [0.05, 0.1) is 12.7 Å². The van der Waals surface area contributed by atoms with Crippen LogP contribution in [0, 0.1) is 0 Å². The molecule has 174 valence electrons. The van der Waals surface area contributed by atoms with Gasteiger partial charge in [-0.3, -0.25) is 9.59 Å². The molecular formula is C25H50O4. The Morgan fingerprint density at radius 3 is 1.41 bits per heavy atom. The zero-order chi connectivity index (χ0) is 22.2. The van der Waals surface area contributed by atoms with Gasteiger partial charge in [-0.15, -0.1) is 0 Å². The third-order valence-corrected chi connectivity index (χ3v) is 4.64. The molecular weight excluding hydrogens is 364 g/mol. The first-order valence-electron chi connectivity index (χ1n) is 12.3. The number of carbonyl (C=O) groups is 2. The quantitative estimate of drug-likeness (QED) is 0.170. The van der Waals surface area contributed by atoms with Crippen molar-refractivity contribution in [1.82, 2.24) is 0 Å². The van der Waals surface area contributed by atoms with Gasteiger partial charge in [0.25, 0.3) is 0 Å². The summed E-state index contributed by atoms with van der Waals surface area (Å²) in [6, 6.07) is 0. The second-order valence-electron chi connectivity index (χ2n) is 8.09. The van der Waals surface area contributed by atoms with Gasteiger partial charge in [-0.2, -0.15) is 0 Å². The minimum atomic E-state index is -0.0593. The van der Waals surface area contributed by atoms with Crippen LogP contribution in [0.25, 0.3) is 0 Å². The maximum Gasteiger partial charge on any atom is 0.306 e. The molecule has 0 saturated carbocycles. The highest BCUT2D eigenvalue weighted by molar-refractivity contribution is 5.69. The summed E-state index contributed by atoms with van der Waals surface area (Å²) in [5.74, 6) is -0.0955. The van der Waals surface area contributed by atoms with Crippen molar-refractivity contribution in [2.24, 2.45) is 0 Å². The van der Waals surface area contributed by atoms with E-state index in [1.807, 2.05) is 20.8 Å². The van der Waals surface area contributed by atoms with E-state index < -0.39 is 0 Å². The summed E-state index contributed by atoms with van der Waals surface area (Å²) in [6.45, 7) is 10.5. The Labute approximate surface area is 181 Å². The summed E-state index contributed by atoms with van der Waals surface area (Å²) in [7, 11) is 0. The van der Waals surface area contributed by atoms with Crippen molar-refractivity contribution in [3.63, 3.8) is 0 Å². The molecule has 4 nitrogen and oxygen atoms in total. The van der Waals surface area contributed by atoms with E-state index in [1.54, 1.807) is 0 Å². The fourth-order valence-corrected chi connectivity index (χ4v) is 3.01. The lowest BCUT2D eigenvalue weighted by Crippen LogP contribution is -2.10. The van der Waals surface area contributed by atoms with Crippen molar-refractivity contribution in [1.29, 1.82) is 0 Å². The standard InChI is InChI=1S/C17H34O2.C8H16O2/c1-4-5-6-7-8-9-10-11-12-13-14-15-17(18)19-16(2)3;1-3-5-6-7-8(9)10-4-2/h16H,4-15H2,1-3H3;3-7H2,1-2H3. The molecule has 0 unspecified atom stereocenters. The molecule has 0 radical (unpaired) electrons. The van der Waals surface area contributed by atoms with Crippen LogP contribution in [0.1, 0.15) is 137 Å². The highest BCUT2D eigenvalue weighted by atomic mass is 16.5. The van der Waals surface area contributed by atoms with Gasteiger partial charge in [-0.25, -0.2) is 0 Å². The van der Waals surface area contributed by atoms with Crippen LogP contribution in [0.2, 0.25) is 0 Å². The van der Waals surface area contributed by atoms with Crippen LogP contribution in [0.5, 0.6) is 0 Å². The third-order valence-electron chi connectivity index (χ3n) is 4.64. The van der Waals surface area contributed by atoms with Crippen LogP contribution >= 0.6 is 0 Å². The summed E-state index contributed by atoms with van der Waals surface area (Å²) in [5.41, 5.74) is 0. The van der Waals surface area contributed by atoms with E-state index in [4.69, 9.17) is 9.47 Å². The van der Waals surface area contributed by atoms with E-state index >= 15 is 0 Å². The van der Waals surface area contributed by atoms with Gasteiger partial charge in [-0.05, 0) is 33.6 Å². The van der Waals surface area contributed by atoms with Crippen LogP contribution in [0.4, 0.5) is 0 Å². The van der Waals surface area contributed by atoms with Gasteiger partial charge in [0.2, 0.25) is 0 Å². The number of rotatable bonds is 18. The normalized spacial score (nSPS) is 10.4. The Bertz CT molecular complexity index is 353. The number of hydrogen-bond donors (Lipinski definition) is 0. The summed E-state index contributed by atoms with van der Waals surface area (Å²) in [4.78, 5) is 22.0. The average Bonchev–Trinajstić information content (AvgIpc) is 2.66. The summed E-state index contributed by atoms with van der Waals surface area (Å²) < 4.78 is 9.85. The Kier molecular flexibility index (Phi) is 26.0. The minimum absolute atomic E-state index is 0.0280. The fourth-order valence-electron chi connectivity index (χ4n) is 3.01. The lowest BCUT2D eigenvalue weighted by atomic mass is 10.1. The van der Waals surface area contributed by atoms with Gasteiger partial charge in [0.15, 0.2) is 0 Å². The van der Waals surface area contributed by atoms with Crippen molar-refractivity contribution in [2.45, 2.75) is 143 Å². The molecule has 0 amide bonds. The largest absolute Gasteiger partial charge is 0.466 e. The molecule has 0 spiro atoms. The van der Waals surface area contributed by atoms with E-state index in [0.29, 0.717) is 19.4 Å². The Morgan fingerprint density at radius 2 is 0.966 bits per heavy atom. The number of unbranched alkanes of at least 4 members (excludes halogenated alkanes) is 12. The highest BCUT2D eigenvalue weighted by Gasteiger charge is 2.04. The predicted octanol–water partition coefficient (Wildman–Crippen LogP) is 7.77. The highest BCUT2D eigenvalue weighted by Crippen LogP contribution is 2.12. The molecule has 0 atom stereocenters. The Hall–Kier alpha value is -1.06. The molecule has 0 aromatic carbocycles. The third kappa shape index (κ3) is 29.2. The molecule has 4 heteroatoms. The number of hydrogen-bond acceptors (Lipinski definition) is 4. The molecule has 0 aliphatic carbocycles. The molecule has 0 aromatic heterocycles. The second kappa shape index (κ2) is 25.0. The smallest absolute Gasteiger partial charge is 0.306 e. The lowest BCUT2D eigenvalue weighted by molar-refractivity contribution is -0.147. The summed E-state index contributed by atoms with van der Waals surface area (Å²) in [6.07, 6.45) is 18.9. The van der Waals surface area contributed by atoms with Gasteiger partial charge < -0.3 is 9.47 Å². The summed E-state index contributed by atoms with van der Waals surface area (Å²) in [5, 5.41) is 0. The molecule has 0 saturated heterocycles. The van der Waals surface area contributed by atoms with Crippen LogP contribution in [0.3, 0.4) is 0 Å². The van der Waals surface area contributed by atoms with E-state index in [-0.39, 0.29) is 18.0 Å². The predicted molar refractivity (Wildman–Crippen MR) is 123 cm³/mol. The van der Waals surface area contributed by atoms with Gasteiger partial charge in [0.1, 0.15) is 0 Å². The zero-order valence-electron chi connectivity index (χ0n) is 20.2. The SMILES string of the molecule is CCCCCC(=O)OCC.CCCCCCCCCCCCCC(=O)OC(C)C. The van der Waals surface area contributed by atoms with Crippen molar-refractivity contribution in [3.05, 3.63) is 0 Å². The second-order valence-corrected chi connectivity index (χ2v) is 8.09. The Balaban J connectivity index is 0. The molecule has 0 N–H and O–H groups in total.